The summed E-state index contributed by atoms with van der Waals surface area (Å²) < 4.78 is 0. The maximum Gasteiger partial charge on any atom is 0.223 e. The molecule has 1 N–H and O–H groups in total. The van der Waals surface area contributed by atoms with Crippen LogP contribution in [-0.4, -0.2) is 22.0 Å². The molecule has 0 bridgehead atoms. The van der Waals surface area contributed by atoms with E-state index in [1.807, 2.05) is 20.2 Å². The Morgan fingerprint density at radius 3 is 2.94 bits per heavy atom. The van der Waals surface area contributed by atoms with Gasteiger partial charge in [0.25, 0.3) is 0 Å². The summed E-state index contributed by atoms with van der Waals surface area (Å²) >= 11 is 1.78. The van der Waals surface area contributed by atoms with Gasteiger partial charge in [0.15, 0.2) is 0 Å². The van der Waals surface area contributed by atoms with Gasteiger partial charge in [-0.05, 0) is 25.3 Å². The summed E-state index contributed by atoms with van der Waals surface area (Å²) in [5.74, 6) is 0.664. The Morgan fingerprint density at radius 2 is 2.12 bits per heavy atom. The highest BCUT2D eigenvalue weighted by molar-refractivity contribution is 7.12. The molecule has 0 radical (unpaired) electrons. The predicted octanol–water partition coefficient (Wildman–Crippen LogP) is 2.05. The van der Waals surface area contributed by atoms with E-state index in [0.29, 0.717) is 5.95 Å². The van der Waals surface area contributed by atoms with Crippen molar-refractivity contribution in [3.63, 3.8) is 0 Å². The molecule has 2 aromatic heterocycles. The van der Waals surface area contributed by atoms with Gasteiger partial charge in [0.2, 0.25) is 5.95 Å². The lowest BCUT2D eigenvalue weighted by Crippen LogP contribution is -2.07. The third-order valence-corrected chi connectivity index (χ3v) is 3.77. The molecule has 2 aromatic rings. The van der Waals surface area contributed by atoms with Crippen LogP contribution in [0.2, 0.25) is 0 Å². The second-order valence-corrected chi connectivity index (χ2v) is 5.11. The van der Waals surface area contributed by atoms with Crippen LogP contribution in [0.4, 0.5) is 5.95 Å². The zero-order chi connectivity index (χ0) is 11.1. The number of rotatable bonds is 1. The Kier molecular flexibility index (Phi) is 2.14. The van der Waals surface area contributed by atoms with E-state index in [-0.39, 0.29) is 0 Å². The average Bonchev–Trinajstić information content (AvgIpc) is 2.69. The van der Waals surface area contributed by atoms with E-state index < -0.39 is 0 Å². The number of nitrogens with one attached hydrogen (secondary N) is 1. The second kappa shape index (κ2) is 3.52. The maximum absolute atomic E-state index is 4.57. The molecule has 1 aliphatic carbocycles. The number of aryl methyl sites for hydroxylation is 3. The molecule has 16 heavy (non-hydrogen) atoms. The molecule has 0 atom stereocenters. The molecule has 4 nitrogen and oxygen atoms in total. The lowest BCUT2D eigenvalue weighted by Gasteiger charge is -2.13. The van der Waals surface area contributed by atoms with E-state index in [1.165, 1.54) is 10.4 Å². The third-order valence-electron chi connectivity index (χ3n) is 2.74. The van der Waals surface area contributed by atoms with Crippen molar-refractivity contribution in [2.24, 2.45) is 0 Å². The zero-order valence-electron chi connectivity index (χ0n) is 9.24. The molecule has 0 spiro atoms. The number of fused-ring (bicyclic) bond motifs is 3. The molecule has 0 saturated heterocycles. The maximum atomic E-state index is 4.57. The van der Waals surface area contributed by atoms with E-state index in [4.69, 9.17) is 0 Å². The van der Waals surface area contributed by atoms with E-state index in [2.05, 4.69) is 20.3 Å². The van der Waals surface area contributed by atoms with Gasteiger partial charge >= 0.3 is 0 Å². The monoisotopic (exact) mass is 232 g/mol. The first-order chi connectivity index (χ1) is 7.78. The van der Waals surface area contributed by atoms with Crippen molar-refractivity contribution < 1.29 is 0 Å². The molecule has 82 valence electrons. The van der Waals surface area contributed by atoms with Crippen LogP contribution in [0.3, 0.4) is 0 Å². The van der Waals surface area contributed by atoms with Gasteiger partial charge in [0, 0.05) is 18.1 Å². The van der Waals surface area contributed by atoms with E-state index in [1.54, 1.807) is 11.3 Å². The number of aromatic nitrogens is 3. The Bertz CT molecular complexity index is 547. The Hall–Kier alpha value is -1.49. The van der Waals surface area contributed by atoms with Crippen molar-refractivity contribution in [3.8, 4) is 11.4 Å². The van der Waals surface area contributed by atoms with Crippen LogP contribution >= 0.6 is 11.3 Å². The largest absolute Gasteiger partial charge is 0.357 e. The van der Waals surface area contributed by atoms with Crippen molar-refractivity contribution in [2.45, 2.75) is 19.8 Å². The molecule has 0 unspecified atom stereocenters. The second-order valence-electron chi connectivity index (χ2n) is 3.82. The van der Waals surface area contributed by atoms with Gasteiger partial charge in [0.1, 0.15) is 5.69 Å². The molecule has 0 saturated carbocycles. The number of thiazole rings is 1. The number of hydrogen-bond donors (Lipinski definition) is 1. The molecule has 3 rings (SSSR count). The third kappa shape index (κ3) is 1.39. The summed E-state index contributed by atoms with van der Waals surface area (Å²) in [5.41, 5.74) is 3.27. The lowest BCUT2D eigenvalue weighted by atomic mass is 10.00. The van der Waals surface area contributed by atoms with Crippen molar-refractivity contribution in [1.29, 1.82) is 0 Å². The van der Waals surface area contributed by atoms with Gasteiger partial charge in [-0.15, -0.1) is 11.3 Å². The van der Waals surface area contributed by atoms with Crippen molar-refractivity contribution >= 4 is 17.3 Å². The summed E-state index contributed by atoms with van der Waals surface area (Å²) in [4.78, 5) is 14.7. The number of hydrogen-bond acceptors (Lipinski definition) is 5. The lowest BCUT2D eigenvalue weighted by molar-refractivity contribution is 0.920. The summed E-state index contributed by atoms with van der Waals surface area (Å²) in [5, 5.41) is 4.08. The molecular formula is C11H12N4S. The summed E-state index contributed by atoms with van der Waals surface area (Å²) in [6.45, 7) is 2.04. The van der Waals surface area contributed by atoms with E-state index in [0.717, 1.165) is 29.2 Å². The molecule has 1 aliphatic rings. The Balaban J connectivity index is 2.21. The number of nitrogens with zero attached hydrogens (tertiary/aromatic N) is 3. The fourth-order valence-electron chi connectivity index (χ4n) is 1.99. The first-order valence-corrected chi connectivity index (χ1v) is 6.10. The molecule has 0 amide bonds. The highest BCUT2D eigenvalue weighted by Crippen LogP contribution is 2.34. The smallest absolute Gasteiger partial charge is 0.223 e. The minimum absolute atomic E-state index is 0.664. The van der Waals surface area contributed by atoms with Crippen LogP contribution in [0, 0.1) is 6.92 Å². The van der Waals surface area contributed by atoms with Gasteiger partial charge in [-0.3, -0.25) is 0 Å². The van der Waals surface area contributed by atoms with Crippen LogP contribution in [0.15, 0.2) is 6.20 Å². The standard InChI is InChI=1S/C11H12N4S/c1-6-14-10-8(16-6)4-3-7-5-13-11(12-2)15-9(7)10/h5H,3-4H2,1-2H3,(H,12,13,15). The van der Waals surface area contributed by atoms with Crippen LogP contribution in [0.1, 0.15) is 15.4 Å². The zero-order valence-corrected chi connectivity index (χ0v) is 10.1. The van der Waals surface area contributed by atoms with Gasteiger partial charge in [-0.25, -0.2) is 15.0 Å². The molecule has 0 aliphatic heterocycles. The van der Waals surface area contributed by atoms with E-state index >= 15 is 0 Å². The van der Waals surface area contributed by atoms with Gasteiger partial charge in [0.05, 0.1) is 10.7 Å². The normalized spacial score (nSPS) is 13.1. The Labute approximate surface area is 97.8 Å². The summed E-state index contributed by atoms with van der Waals surface area (Å²) in [7, 11) is 1.83. The first kappa shape index (κ1) is 9.72. The Morgan fingerprint density at radius 1 is 1.25 bits per heavy atom. The van der Waals surface area contributed by atoms with Crippen molar-refractivity contribution in [3.05, 3.63) is 21.6 Å². The average molecular weight is 232 g/mol. The topological polar surface area (TPSA) is 50.7 Å². The predicted molar refractivity (Wildman–Crippen MR) is 64.8 cm³/mol. The van der Waals surface area contributed by atoms with Crippen molar-refractivity contribution in [1.82, 2.24) is 15.0 Å². The highest BCUT2D eigenvalue weighted by atomic mass is 32.1. The van der Waals surface area contributed by atoms with Gasteiger partial charge < -0.3 is 5.32 Å². The molecule has 5 heteroatoms. The van der Waals surface area contributed by atoms with Crippen LogP contribution < -0.4 is 5.32 Å². The summed E-state index contributed by atoms with van der Waals surface area (Å²) in [6.07, 6.45) is 4.00. The number of anilines is 1. The van der Waals surface area contributed by atoms with Crippen LogP contribution in [0.25, 0.3) is 11.4 Å². The van der Waals surface area contributed by atoms with Crippen LogP contribution in [0.5, 0.6) is 0 Å². The highest BCUT2D eigenvalue weighted by Gasteiger charge is 2.21. The van der Waals surface area contributed by atoms with Gasteiger partial charge in [-0.2, -0.15) is 0 Å². The SMILES string of the molecule is CNc1ncc2c(n1)-c1nc(C)sc1CC2. The first-order valence-electron chi connectivity index (χ1n) is 5.28. The molecule has 0 aromatic carbocycles. The quantitative estimate of drug-likeness (QED) is 0.817. The molecule has 2 heterocycles. The molecule has 0 fully saturated rings. The minimum atomic E-state index is 0.664. The van der Waals surface area contributed by atoms with E-state index in [9.17, 15) is 0 Å². The van der Waals surface area contributed by atoms with Crippen molar-refractivity contribution in [2.75, 3.05) is 12.4 Å². The van der Waals surface area contributed by atoms with Gasteiger partial charge in [-0.1, -0.05) is 0 Å². The molecular weight excluding hydrogens is 220 g/mol. The fraction of sp³-hybridized carbons (Fsp3) is 0.364. The summed E-state index contributed by atoms with van der Waals surface area (Å²) in [6, 6.07) is 0. The van der Waals surface area contributed by atoms with Crippen LogP contribution in [-0.2, 0) is 12.8 Å². The fourth-order valence-corrected chi connectivity index (χ4v) is 2.92. The minimum Gasteiger partial charge on any atom is -0.357 e.